The number of hydrogen-bond acceptors (Lipinski definition) is 6. The van der Waals surface area contributed by atoms with Gasteiger partial charge in [0.25, 0.3) is 5.69 Å². The van der Waals surface area contributed by atoms with E-state index in [-0.39, 0.29) is 11.6 Å². The van der Waals surface area contributed by atoms with Crippen molar-refractivity contribution >= 4 is 17.0 Å². The van der Waals surface area contributed by atoms with Crippen molar-refractivity contribution in [3.8, 4) is 21.8 Å². The van der Waals surface area contributed by atoms with Crippen LogP contribution >= 0.6 is 11.3 Å². The van der Waals surface area contributed by atoms with Crippen LogP contribution in [0.2, 0.25) is 0 Å². The van der Waals surface area contributed by atoms with Crippen molar-refractivity contribution in [2.45, 2.75) is 19.8 Å². The number of rotatable bonds is 5. The molecule has 0 fully saturated rings. The van der Waals surface area contributed by atoms with E-state index in [0.29, 0.717) is 22.8 Å². The summed E-state index contributed by atoms with van der Waals surface area (Å²) in [6, 6.07) is 17.3. The first-order valence-corrected chi connectivity index (χ1v) is 9.64. The van der Waals surface area contributed by atoms with Gasteiger partial charge in [-0.1, -0.05) is 41.6 Å². The van der Waals surface area contributed by atoms with E-state index in [1.54, 1.807) is 30.4 Å². The Labute approximate surface area is 165 Å². The van der Waals surface area contributed by atoms with Crippen LogP contribution < -0.4 is 0 Å². The van der Waals surface area contributed by atoms with Crippen molar-refractivity contribution in [2.24, 2.45) is 0 Å². The minimum atomic E-state index is -0.404. The van der Waals surface area contributed by atoms with Crippen LogP contribution in [0.3, 0.4) is 0 Å². The molecule has 1 unspecified atom stereocenters. The minimum absolute atomic E-state index is 0.0422. The summed E-state index contributed by atoms with van der Waals surface area (Å²) in [5, 5.41) is 17.3. The molecule has 0 aliphatic rings. The zero-order valence-corrected chi connectivity index (χ0v) is 16.1. The van der Waals surface area contributed by atoms with E-state index < -0.39 is 4.92 Å². The number of hydrogen-bond donors (Lipinski definition) is 0. The fraction of sp³-hybridized carbons (Fsp3) is 0.143. The van der Waals surface area contributed by atoms with E-state index in [1.165, 1.54) is 10.9 Å². The molecule has 6 nitrogen and oxygen atoms in total. The Hall–Kier alpha value is -3.32. The maximum atomic E-state index is 11.2. The second-order valence-corrected chi connectivity index (χ2v) is 7.49. The average molecular weight is 391 g/mol. The first-order valence-electron chi connectivity index (χ1n) is 8.76. The van der Waals surface area contributed by atoms with Gasteiger partial charge < -0.3 is 4.52 Å². The molecule has 0 spiro atoms. The van der Waals surface area contributed by atoms with Crippen molar-refractivity contribution < 1.29 is 9.45 Å². The lowest BCUT2D eigenvalue weighted by atomic mass is 9.98. The zero-order valence-electron chi connectivity index (χ0n) is 15.3. The first kappa shape index (κ1) is 18.1. The van der Waals surface area contributed by atoms with Crippen LogP contribution in [-0.2, 0) is 0 Å². The quantitative estimate of drug-likeness (QED) is 0.315. The molecule has 140 valence electrons. The first-order chi connectivity index (χ1) is 13.5. The molecule has 0 radical (unpaired) electrons. The molecule has 2 heterocycles. The second kappa shape index (κ2) is 7.36. The van der Waals surface area contributed by atoms with E-state index in [1.807, 2.05) is 25.1 Å². The van der Waals surface area contributed by atoms with Gasteiger partial charge in [0.2, 0.25) is 11.7 Å². The molecule has 0 amide bonds. The standard InChI is InChI=1S/C21H17N3O3S/c1-13-8-9-17(12-18(13)24(25)26)20-22-21(27-23-20)14(2)15-5-3-6-16(11-15)19-7-4-10-28-19/h3-12,14H,1-2H3. The summed E-state index contributed by atoms with van der Waals surface area (Å²) in [6.07, 6.45) is 0. The predicted molar refractivity (Wildman–Crippen MR) is 108 cm³/mol. The number of thiophene rings is 1. The third-order valence-corrected chi connectivity index (χ3v) is 5.59. The normalized spacial score (nSPS) is 12.1. The molecule has 2 aromatic heterocycles. The smallest absolute Gasteiger partial charge is 0.273 e. The van der Waals surface area contributed by atoms with E-state index in [2.05, 4.69) is 33.7 Å². The Morgan fingerprint density at radius 3 is 2.71 bits per heavy atom. The molecule has 4 rings (SSSR count). The summed E-state index contributed by atoms with van der Waals surface area (Å²) in [6.45, 7) is 3.70. The highest BCUT2D eigenvalue weighted by molar-refractivity contribution is 7.13. The number of benzene rings is 2. The lowest BCUT2D eigenvalue weighted by molar-refractivity contribution is -0.385. The van der Waals surface area contributed by atoms with Gasteiger partial charge in [0.05, 0.1) is 10.8 Å². The van der Waals surface area contributed by atoms with E-state index in [9.17, 15) is 10.1 Å². The molecule has 0 N–H and O–H groups in total. The zero-order chi connectivity index (χ0) is 19.7. The molecule has 2 aromatic carbocycles. The maximum absolute atomic E-state index is 11.2. The highest BCUT2D eigenvalue weighted by Crippen LogP contribution is 2.31. The van der Waals surface area contributed by atoms with Crippen molar-refractivity contribution in [3.05, 3.63) is 87.1 Å². The van der Waals surface area contributed by atoms with Gasteiger partial charge in [-0.2, -0.15) is 4.98 Å². The molecule has 28 heavy (non-hydrogen) atoms. The summed E-state index contributed by atoms with van der Waals surface area (Å²) in [4.78, 5) is 16.5. The van der Waals surface area contributed by atoms with Crippen LogP contribution in [-0.4, -0.2) is 15.1 Å². The number of nitrogens with zero attached hydrogens (tertiary/aromatic N) is 3. The topological polar surface area (TPSA) is 82.1 Å². The van der Waals surface area contributed by atoms with Crippen LogP contribution in [0.15, 0.2) is 64.5 Å². The molecule has 0 aliphatic heterocycles. The number of nitro benzene ring substituents is 1. The Morgan fingerprint density at radius 2 is 1.96 bits per heavy atom. The summed E-state index contributed by atoms with van der Waals surface area (Å²) < 4.78 is 5.47. The Morgan fingerprint density at radius 1 is 1.11 bits per heavy atom. The third kappa shape index (κ3) is 3.44. The molecule has 0 bridgehead atoms. The summed E-state index contributed by atoms with van der Waals surface area (Å²) in [5.74, 6) is 0.725. The van der Waals surface area contributed by atoms with Crippen LogP contribution in [0.4, 0.5) is 5.69 Å². The molecule has 0 saturated carbocycles. The predicted octanol–water partition coefficient (Wildman–Crippen LogP) is 5.83. The molecule has 0 saturated heterocycles. The van der Waals surface area contributed by atoms with Gasteiger partial charge in [-0.05, 0) is 42.5 Å². The van der Waals surface area contributed by atoms with Gasteiger partial charge in [-0.25, -0.2) is 0 Å². The van der Waals surface area contributed by atoms with Crippen LogP contribution in [0.1, 0.15) is 29.9 Å². The van der Waals surface area contributed by atoms with Crippen molar-refractivity contribution in [1.29, 1.82) is 0 Å². The monoisotopic (exact) mass is 391 g/mol. The van der Waals surface area contributed by atoms with Crippen LogP contribution in [0.5, 0.6) is 0 Å². The van der Waals surface area contributed by atoms with E-state index in [0.717, 1.165) is 11.1 Å². The summed E-state index contributed by atoms with van der Waals surface area (Å²) in [5.41, 5.74) is 3.41. The van der Waals surface area contributed by atoms with Crippen LogP contribution in [0.25, 0.3) is 21.8 Å². The van der Waals surface area contributed by atoms with Gasteiger partial charge in [-0.3, -0.25) is 10.1 Å². The molecule has 0 aliphatic carbocycles. The fourth-order valence-electron chi connectivity index (χ4n) is 3.02. The van der Waals surface area contributed by atoms with Gasteiger partial charge in [0, 0.05) is 22.1 Å². The number of nitro groups is 1. The Balaban J connectivity index is 1.64. The molecular weight excluding hydrogens is 374 g/mol. The molecule has 4 aromatic rings. The van der Waals surface area contributed by atoms with Crippen molar-refractivity contribution in [2.75, 3.05) is 0 Å². The second-order valence-electron chi connectivity index (χ2n) is 6.54. The summed E-state index contributed by atoms with van der Waals surface area (Å²) >= 11 is 1.69. The molecule has 1 atom stereocenters. The van der Waals surface area contributed by atoms with Gasteiger partial charge in [-0.15, -0.1) is 11.3 Å². The number of aromatic nitrogens is 2. The molecular formula is C21H17N3O3S. The van der Waals surface area contributed by atoms with Gasteiger partial charge in [0.15, 0.2) is 0 Å². The number of aryl methyl sites for hydroxylation is 1. The van der Waals surface area contributed by atoms with Crippen molar-refractivity contribution in [3.63, 3.8) is 0 Å². The van der Waals surface area contributed by atoms with Gasteiger partial charge >= 0.3 is 0 Å². The fourth-order valence-corrected chi connectivity index (χ4v) is 3.74. The highest BCUT2D eigenvalue weighted by Gasteiger charge is 2.19. The molecule has 7 heteroatoms. The summed E-state index contributed by atoms with van der Waals surface area (Å²) in [7, 11) is 0. The lowest BCUT2D eigenvalue weighted by Gasteiger charge is -2.08. The highest BCUT2D eigenvalue weighted by atomic mass is 32.1. The van der Waals surface area contributed by atoms with Crippen LogP contribution in [0, 0.1) is 17.0 Å². The Kier molecular flexibility index (Phi) is 4.75. The largest absolute Gasteiger partial charge is 0.338 e. The lowest BCUT2D eigenvalue weighted by Crippen LogP contribution is -1.97. The Bertz CT molecular complexity index is 1140. The van der Waals surface area contributed by atoms with Gasteiger partial charge in [0.1, 0.15) is 0 Å². The van der Waals surface area contributed by atoms with E-state index in [4.69, 9.17) is 4.52 Å². The van der Waals surface area contributed by atoms with Crippen molar-refractivity contribution in [1.82, 2.24) is 10.1 Å². The average Bonchev–Trinajstić information content (AvgIpc) is 3.40. The maximum Gasteiger partial charge on any atom is 0.273 e. The third-order valence-electron chi connectivity index (χ3n) is 4.67. The minimum Gasteiger partial charge on any atom is -0.338 e. The SMILES string of the molecule is Cc1ccc(-c2noc(C(C)c3cccc(-c4cccs4)c3)n2)cc1[N+](=O)[O-]. The van der Waals surface area contributed by atoms with E-state index >= 15 is 0 Å².